The largest absolute Gasteiger partial charge is 0.464 e. The summed E-state index contributed by atoms with van der Waals surface area (Å²) in [6.07, 6.45) is 0.192. The van der Waals surface area contributed by atoms with Crippen LogP contribution in [-0.2, 0) is 4.84 Å². The van der Waals surface area contributed by atoms with Gasteiger partial charge in [0.15, 0.2) is 5.01 Å². The van der Waals surface area contributed by atoms with Crippen LogP contribution in [0.4, 0.5) is 4.79 Å². The fourth-order valence-electron chi connectivity index (χ4n) is 2.68. The molecule has 0 amide bonds. The summed E-state index contributed by atoms with van der Waals surface area (Å²) in [6, 6.07) is 6.88. The van der Waals surface area contributed by atoms with Crippen LogP contribution in [0.15, 0.2) is 41.0 Å². The molecule has 26 heavy (non-hydrogen) atoms. The van der Waals surface area contributed by atoms with Crippen LogP contribution in [0.2, 0.25) is 0 Å². The second kappa shape index (κ2) is 7.09. The summed E-state index contributed by atoms with van der Waals surface area (Å²) in [5.74, 6) is -0.244. The van der Waals surface area contributed by atoms with E-state index in [9.17, 15) is 14.7 Å². The third-order valence-electron chi connectivity index (χ3n) is 3.86. The summed E-state index contributed by atoms with van der Waals surface area (Å²) in [6.45, 7) is 3.92. The van der Waals surface area contributed by atoms with E-state index in [0.29, 0.717) is 27.9 Å². The Kier molecular flexibility index (Phi) is 4.85. The van der Waals surface area contributed by atoms with Crippen LogP contribution in [0.1, 0.15) is 34.9 Å². The molecular weight excluding hydrogens is 354 g/mol. The number of carbonyl (C=O) groups is 2. The number of aromatic nitrogens is 2. The summed E-state index contributed by atoms with van der Waals surface area (Å²) in [5.41, 5.74) is 2.00. The molecule has 2 aromatic heterocycles. The van der Waals surface area contributed by atoms with Gasteiger partial charge >= 0.3 is 6.09 Å². The smallest absolute Gasteiger partial charge is 0.416 e. The Morgan fingerprint density at radius 2 is 2.04 bits per heavy atom. The highest BCUT2D eigenvalue weighted by Gasteiger charge is 2.22. The number of para-hydroxylation sites is 1. The van der Waals surface area contributed by atoms with Crippen molar-refractivity contribution in [1.82, 2.24) is 9.55 Å². The summed E-state index contributed by atoms with van der Waals surface area (Å²) >= 11 is 1.20. The van der Waals surface area contributed by atoms with Gasteiger partial charge in [0, 0.05) is 22.9 Å². The van der Waals surface area contributed by atoms with Crippen molar-refractivity contribution in [2.75, 3.05) is 7.11 Å². The van der Waals surface area contributed by atoms with E-state index in [4.69, 9.17) is 4.84 Å². The number of carbonyl (C=O) groups excluding carboxylic acids is 1. The van der Waals surface area contributed by atoms with E-state index in [0.717, 1.165) is 4.57 Å². The van der Waals surface area contributed by atoms with Crippen LogP contribution < -0.4 is 0 Å². The number of nitrogens with zero attached hydrogens (tertiary/aromatic N) is 3. The number of hydrogen-bond acceptors (Lipinski definition) is 6. The van der Waals surface area contributed by atoms with Crippen LogP contribution >= 0.6 is 11.3 Å². The average Bonchev–Trinajstić information content (AvgIpc) is 3.24. The maximum absolute atomic E-state index is 12.9. The van der Waals surface area contributed by atoms with Crippen molar-refractivity contribution in [1.29, 1.82) is 0 Å². The zero-order chi connectivity index (χ0) is 18.8. The van der Waals surface area contributed by atoms with Crippen molar-refractivity contribution in [3.8, 4) is 0 Å². The maximum Gasteiger partial charge on any atom is 0.416 e. The second-order valence-electron chi connectivity index (χ2n) is 5.89. The highest BCUT2D eigenvalue weighted by atomic mass is 32.1. The van der Waals surface area contributed by atoms with E-state index in [1.165, 1.54) is 24.6 Å². The number of rotatable bonds is 5. The van der Waals surface area contributed by atoms with Gasteiger partial charge < -0.3 is 9.94 Å². The first kappa shape index (κ1) is 17.8. The lowest BCUT2D eigenvalue weighted by molar-refractivity contribution is 0.104. The summed E-state index contributed by atoms with van der Waals surface area (Å²) in [7, 11) is 1.46. The van der Waals surface area contributed by atoms with Crippen LogP contribution in [-0.4, -0.2) is 39.4 Å². The minimum Gasteiger partial charge on any atom is -0.464 e. The topological polar surface area (TPSA) is 93.8 Å². The van der Waals surface area contributed by atoms with E-state index in [2.05, 4.69) is 10.1 Å². The zero-order valence-corrected chi connectivity index (χ0v) is 15.3. The molecule has 0 unspecified atom stereocenters. The van der Waals surface area contributed by atoms with E-state index in [1.54, 1.807) is 29.6 Å². The van der Waals surface area contributed by atoms with Gasteiger partial charge in [-0.2, -0.15) is 0 Å². The Balaban J connectivity index is 2.05. The van der Waals surface area contributed by atoms with Gasteiger partial charge in [0.1, 0.15) is 12.8 Å². The Hall–Kier alpha value is -3.00. The summed E-state index contributed by atoms with van der Waals surface area (Å²) in [4.78, 5) is 33.6. The number of fused-ring (bicyclic) bond motifs is 1. The van der Waals surface area contributed by atoms with Crippen molar-refractivity contribution >= 4 is 39.8 Å². The molecule has 0 aliphatic rings. The highest BCUT2D eigenvalue weighted by molar-refractivity contribution is 7.12. The molecule has 0 saturated heterocycles. The molecule has 134 valence electrons. The first-order chi connectivity index (χ1) is 12.4. The minimum absolute atomic E-state index is 0.0777. The van der Waals surface area contributed by atoms with E-state index < -0.39 is 6.09 Å². The Labute approximate surface area is 153 Å². The Bertz CT molecular complexity index is 1020. The van der Waals surface area contributed by atoms with Crippen molar-refractivity contribution in [3.05, 3.63) is 52.1 Å². The number of ketones is 1. The Morgan fingerprint density at radius 3 is 2.69 bits per heavy atom. The molecule has 0 saturated carbocycles. The van der Waals surface area contributed by atoms with Gasteiger partial charge in [-0.3, -0.25) is 9.36 Å². The van der Waals surface area contributed by atoms with Crippen LogP contribution in [0.25, 0.3) is 10.9 Å². The molecule has 0 fully saturated rings. The molecule has 0 bridgehead atoms. The number of thiazole rings is 1. The van der Waals surface area contributed by atoms with Crippen molar-refractivity contribution < 1.29 is 19.5 Å². The summed E-state index contributed by atoms with van der Waals surface area (Å²) in [5, 5.41) is 15.9. The molecule has 0 spiro atoms. The lowest BCUT2D eigenvalue weighted by Gasteiger charge is -2.05. The van der Waals surface area contributed by atoms with Crippen LogP contribution in [0.3, 0.4) is 0 Å². The molecule has 1 aromatic carbocycles. The van der Waals surface area contributed by atoms with Crippen molar-refractivity contribution in [2.24, 2.45) is 11.1 Å². The standard InChI is InChI=1S/C18H17N3O4S/c1-10(2)15(20-25-3)13-9-26-17(19-13)16(22)12-8-21(18(23)24)14-7-5-4-6-11(12)14/h4-10H,1-3H3,(H,23,24)/b20-15+. The van der Waals surface area contributed by atoms with E-state index in [1.807, 2.05) is 13.8 Å². The predicted octanol–water partition coefficient (Wildman–Crippen LogP) is 3.86. The summed E-state index contributed by atoms with van der Waals surface area (Å²) < 4.78 is 1.04. The van der Waals surface area contributed by atoms with E-state index >= 15 is 0 Å². The molecule has 1 N–H and O–H groups in total. The monoisotopic (exact) mass is 371 g/mol. The maximum atomic E-state index is 12.9. The fraction of sp³-hybridized carbons (Fsp3) is 0.222. The molecule has 0 atom stereocenters. The molecule has 0 aliphatic heterocycles. The molecule has 3 aromatic rings. The SMILES string of the molecule is CO/N=C(/c1csc(C(=O)c2cn(C(=O)O)c3ccccc23)n1)C(C)C. The van der Waals surface area contributed by atoms with Gasteiger partial charge in [-0.05, 0) is 6.07 Å². The van der Waals surface area contributed by atoms with Crippen LogP contribution in [0.5, 0.6) is 0 Å². The van der Waals surface area contributed by atoms with Gasteiger partial charge in [0.25, 0.3) is 0 Å². The van der Waals surface area contributed by atoms with Gasteiger partial charge in [0.2, 0.25) is 5.78 Å². The first-order valence-electron chi connectivity index (χ1n) is 7.89. The van der Waals surface area contributed by atoms with Gasteiger partial charge in [-0.1, -0.05) is 37.2 Å². The quantitative estimate of drug-likeness (QED) is 0.417. The number of oxime groups is 1. The lowest BCUT2D eigenvalue weighted by Crippen LogP contribution is -2.11. The molecule has 0 aliphatic carbocycles. The molecular formula is C18H17N3O4S. The molecule has 3 rings (SSSR count). The Morgan fingerprint density at radius 1 is 1.31 bits per heavy atom. The van der Waals surface area contributed by atoms with Gasteiger partial charge in [-0.15, -0.1) is 11.3 Å². The second-order valence-corrected chi connectivity index (χ2v) is 6.75. The van der Waals surface area contributed by atoms with Crippen molar-refractivity contribution in [2.45, 2.75) is 13.8 Å². The lowest BCUT2D eigenvalue weighted by atomic mass is 10.1. The third-order valence-corrected chi connectivity index (χ3v) is 4.70. The molecule has 8 heteroatoms. The van der Waals surface area contributed by atoms with Crippen molar-refractivity contribution in [3.63, 3.8) is 0 Å². The highest BCUT2D eigenvalue weighted by Crippen LogP contribution is 2.25. The molecule has 7 nitrogen and oxygen atoms in total. The minimum atomic E-state index is -1.14. The number of hydrogen-bond donors (Lipinski definition) is 1. The fourth-order valence-corrected chi connectivity index (χ4v) is 3.44. The zero-order valence-electron chi connectivity index (χ0n) is 14.5. The number of benzene rings is 1. The molecule has 0 radical (unpaired) electrons. The van der Waals surface area contributed by atoms with Crippen LogP contribution in [0, 0.1) is 5.92 Å². The first-order valence-corrected chi connectivity index (χ1v) is 8.77. The predicted molar refractivity (Wildman–Crippen MR) is 99.3 cm³/mol. The normalized spacial score (nSPS) is 11.9. The van der Waals surface area contributed by atoms with E-state index in [-0.39, 0.29) is 16.7 Å². The molecule has 2 heterocycles. The third kappa shape index (κ3) is 3.11. The number of carboxylic acid groups (broad SMARTS) is 1. The van der Waals surface area contributed by atoms with Gasteiger partial charge in [-0.25, -0.2) is 9.78 Å². The van der Waals surface area contributed by atoms with Gasteiger partial charge in [0.05, 0.1) is 16.8 Å². The average molecular weight is 371 g/mol.